The number of amides is 1. The Morgan fingerprint density at radius 1 is 1.44 bits per heavy atom. The lowest BCUT2D eigenvalue weighted by molar-refractivity contribution is -0.386. The number of nitrogens with one attached hydrogen (secondary N) is 1. The van der Waals surface area contributed by atoms with Gasteiger partial charge >= 0.3 is 5.69 Å². The molecular weight excluding hydrogens is 307 g/mol. The quantitative estimate of drug-likeness (QED) is 0.670. The van der Waals surface area contributed by atoms with E-state index in [1.807, 2.05) is 0 Å². The molecule has 7 heteroatoms. The fraction of sp³-hybridized carbons (Fsp3) is 0.364. The molecule has 0 unspecified atom stereocenters. The van der Waals surface area contributed by atoms with Crippen molar-refractivity contribution in [3.8, 4) is 0 Å². The van der Waals surface area contributed by atoms with Crippen LogP contribution in [0.1, 0.15) is 20.8 Å². The third-order valence-corrected chi connectivity index (χ3v) is 2.79. The van der Waals surface area contributed by atoms with Gasteiger partial charge in [0.15, 0.2) is 0 Å². The second-order valence-electron chi connectivity index (χ2n) is 4.72. The van der Waals surface area contributed by atoms with Crippen LogP contribution in [0.4, 0.5) is 15.8 Å². The second kappa shape index (κ2) is 5.01. The number of carbonyl (C=O) groups is 1. The van der Waals surface area contributed by atoms with Crippen LogP contribution in [0.25, 0.3) is 0 Å². The predicted octanol–water partition coefficient (Wildman–Crippen LogP) is 3.48. The zero-order chi connectivity index (χ0) is 14.1. The van der Waals surface area contributed by atoms with E-state index in [1.165, 1.54) is 12.1 Å². The summed E-state index contributed by atoms with van der Waals surface area (Å²) in [5.41, 5.74) is -1.63. The molecule has 0 aromatic heterocycles. The average Bonchev–Trinajstić information content (AvgIpc) is 2.21. The summed E-state index contributed by atoms with van der Waals surface area (Å²) in [6.45, 7) is 4.97. The molecule has 0 atom stereocenters. The highest BCUT2D eigenvalue weighted by molar-refractivity contribution is 9.10. The van der Waals surface area contributed by atoms with Gasteiger partial charge in [0.25, 0.3) is 0 Å². The Morgan fingerprint density at radius 3 is 2.44 bits per heavy atom. The zero-order valence-corrected chi connectivity index (χ0v) is 11.7. The first-order valence-corrected chi connectivity index (χ1v) is 5.87. The van der Waals surface area contributed by atoms with Crippen LogP contribution in [0, 0.1) is 21.3 Å². The molecule has 0 aliphatic carbocycles. The molecule has 1 amide bonds. The van der Waals surface area contributed by atoms with Crippen LogP contribution in [0.2, 0.25) is 0 Å². The van der Waals surface area contributed by atoms with Crippen molar-refractivity contribution in [2.75, 3.05) is 5.32 Å². The van der Waals surface area contributed by atoms with E-state index in [0.29, 0.717) is 0 Å². The number of hydrogen-bond acceptors (Lipinski definition) is 3. The number of benzene rings is 1. The predicted molar refractivity (Wildman–Crippen MR) is 68.8 cm³/mol. The first-order chi connectivity index (χ1) is 8.14. The summed E-state index contributed by atoms with van der Waals surface area (Å²) >= 11 is 2.86. The van der Waals surface area contributed by atoms with Crippen molar-refractivity contribution in [2.45, 2.75) is 20.8 Å². The molecule has 98 valence electrons. The lowest BCUT2D eigenvalue weighted by Gasteiger charge is -2.17. The molecule has 0 spiro atoms. The Labute approximate surface area is 112 Å². The highest BCUT2D eigenvalue weighted by Crippen LogP contribution is 2.33. The molecule has 1 aromatic rings. The summed E-state index contributed by atoms with van der Waals surface area (Å²) in [5.74, 6) is -1.43. The minimum Gasteiger partial charge on any atom is -0.320 e. The Hall–Kier alpha value is -1.50. The first-order valence-electron chi connectivity index (χ1n) is 5.08. The SMILES string of the molecule is CC(C)(C)C(=O)Nc1ccc(Br)c(F)c1[N+](=O)[O-]. The van der Waals surface area contributed by atoms with Gasteiger partial charge in [0, 0.05) is 5.41 Å². The number of halogens is 2. The van der Waals surface area contributed by atoms with E-state index >= 15 is 0 Å². The highest BCUT2D eigenvalue weighted by Gasteiger charge is 2.27. The van der Waals surface area contributed by atoms with Gasteiger partial charge in [-0.05, 0) is 28.1 Å². The molecule has 5 nitrogen and oxygen atoms in total. The molecule has 1 rings (SSSR count). The topological polar surface area (TPSA) is 72.2 Å². The summed E-state index contributed by atoms with van der Waals surface area (Å²) in [7, 11) is 0. The third kappa shape index (κ3) is 3.04. The Kier molecular flexibility index (Phi) is 4.05. The van der Waals surface area contributed by atoms with E-state index in [4.69, 9.17) is 0 Å². The number of anilines is 1. The molecule has 0 heterocycles. The molecule has 0 fully saturated rings. The summed E-state index contributed by atoms with van der Waals surface area (Å²) in [6, 6.07) is 2.59. The number of hydrogen-bond donors (Lipinski definition) is 1. The monoisotopic (exact) mass is 318 g/mol. The van der Waals surface area contributed by atoms with Crippen molar-refractivity contribution >= 4 is 33.2 Å². The van der Waals surface area contributed by atoms with Crippen molar-refractivity contribution in [1.82, 2.24) is 0 Å². The van der Waals surface area contributed by atoms with Crippen molar-refractivity contribution in [1.29, 1.82) is 0 Å². The van der Waals surface area contributed by atoms with Gasteiger partial charge in [-0.3, -0.25) is 14.9 Å². The summed E-state index contributed by atoms with van der Waals surface area (Å²) in [4.78, 5) is 21.7. The smallest absolute Gasteiger partial charge is 0.320 e. The van der Waals surface area contributed by atoms with Crippen molar-refractivity contribution in [3.63, 3.8) is 0 Å². The normalized spacial score (nSPS) is 11.2. The fourth-order valence-electron chi connectivity index (χ4n) is 1.13. The molecule has 18 heavy (non-hydrogen) atoms. The van der Waals surface area contributed by atoms with Crippen molar-refractivity contribution < 1.29 is 14.1 Å². The first kappa shape index (κ1) is 14.6. The minimum atomic E-state index is -1.01. The van der Waals surface area contributed by atoms with Crippen LogP contribution in [-0.4, -0.2) is 10.8 Å². The van der Waals surface area contributed by atoms with E-state index in [1.54, 1.807) is 20.8 Å². The van der Waals surface area contributed by atoms with Gasteiger partial charge in [0.1, 0.15) is 5.69 Å². The molecule has 0 radical (unpaired) electrons. The van der Waals surface area contributed by atoms with Crippen LogP contribution in [0.5, 0.6) is 0 Å². The minimum absolute atomic E-state index is 0.0250. The van der Waals surface area contributed by atoms with Gasteiger partial charge in [-0.15, -0.1) is 0 Å². The molecule has 0 saturated carbocycles. The van der Waals surface area contributed by atoms with E-state index < -0.39 is 27.8 Å². The lowest BCUT2D eigenvalue weighted by Crippen LogP contribution is -2.28. The highest BCUT2D eigenvalue weighted by atomic mass is 79.9. The average molecular weight is 319 g/mol. The van der Waals surface area contributed by atoms with E-state index in [2.05, 4.69) is 21.2 Å². The molecule has 0 bridgehead atoms. The number of carbonyl (C=O) groups excluding carboxylic acids is 1. The number of rotatable bonds is 2. The molecule has 1 N–H and O–H groups in total. The summed E-state index contributed by atoms with van der Waals surface area (Å²) in [5, 5.41) is 13.2. The second-order valence-corrected chi connectivity index (χ2v) is 5.57. The van der Waals surface area contributed by atoms with Crippen molar-refractivity contribution in [3.05, 3.63) is 32.5 Å². The summed E-state index contributed by atoms with van der Waals surface area (Å²) in [6.07, 6.45) is 0. The number of nitro groups is 1. The molecule has 0 aliphatic heterocycles. The van der Waals surface area contributed by atoms with Crippen molar-refractivity contribution in [2.24, 2.45) is 5.41 Å². The van der Waals surface area contributed by atoms with Gasteiger partial charge in [-0.1, -0.05) is 20.8 Å². The largest absolute Gasteiger partial charge is 0.329 e. The van der Waals surface area contributed by atoms with Gasteiger partial charge in [-0.2, -0.15) is 4.39 Å². The van der Waals surface area contributed by atoms with Crippen LogP contribution in [0.3, 0.4) is 0 Å². The Balaban J connectivity index is 3.22. The zero-order valence-electron chi connectivity index (χ0n) is 10.1. The number of nitrogens with zero attached hydrogens (tertiary/aromatic N) is 1. The van der Waals surface area contributed by atoms with E-state index in [-0.39, 0.29) is 10.2 Å². The maximum atomic E-state index is 13.6. The Bertz CT molecular complexity index is 512. The molecule has 1 aromatic carbocycles. The fourth-order valence-corrected chi connectivity index (χ4v) is 1.45. The van der Waals surface area contributed by atoms with E-state index in [0.717, 1.165) is 0 Å². The van der Waals surface area contributed by atoms with Gasteiger partial charge in [0.2, 0.25) is 11.7 Å². The van der Waals surface area contributed by atoms with Crippen LogP contribution >= 0.6 is 15.9 Å². The molecular formula is C11H12BrFN2O3. The maximum Gasteiger partial charge on any atom is 0.329 e. The van der Waals surface area contributed by atoms with Gasteiger partial charge in [0.05, 0.1) is 9.40 Å². The molecule has 0 aliphatic rings. The third-order valence-electron chi connectivity index (χ3n) is 2.18. The van der Waals surface area contributed by atoms with Crippen LogP contribution in [0.15, 0.2) is 16.6 Å². The summed E-state index contributed by atoms with van der Waals surface area (Å²) < 4.78 is 13.6. The lowest BCUT2D eigenvalue weighted by atomic mass is 9.95. The Morgan fingerprint density at radius 2 is 2.00 bits per heavy atom. The maximum absolute atomic E-state index is 13.6. The van der Waals surface area contributed by atoms with Crippen LogP contribution in [-0.2, 0) is 4.79 Å². The number of nitro benzene ring substituents is 1. The molecule has 0 saturated heterocycles. The van der Waals surface area contributed by atoms with E-state index in [9.17, 15) is 19.3 Å². The van der Waals surface area contributed by atoms with Gasteiger partial charge < -0.3 is 5.32 Å². The van der Waals surface area contributed by atoms with Gasteiger partial charge in [-0.25, -0.2) is 0 Å². The standard InChI is InChI=1S/C11H12BrFN2O3/c1-11(2,3)10(16)14-7-5-4-6(12)8(13)9(7)15(17)18/h4-5H,1-3H3,(H,14,16). The van der Waals surface area contributed by atoms with Crippen LogP contribution < -0.4 is 5.32 Å².